The number of benzene rings is 1. The molecule has 4 heterocycles. The number of carbonyl (C=O) groups excluding carboxylic acids is 2. The van der Waals surface area contributed by atoms with E-state index in [4.69, 9.17) is 0 Å². The number of thioether (sulfide) groups is 1. The third-order valence-corrected chi connectivity index (χ3v) is 8.21. The van der Waals surface area contributed by atoms with Gasteiger partial charge in [0.1, 0.15) is 5.65 Å². The van der Waals surface area contributed by atoms with Gasteiger partial charge in [-0.25, -0.2) is 4.98 Å². The Balaban J connectivity index is 0.00000336. The number of pyridine rings is 1. The number of nitrogens with zero attached hydrogens (tertiary/aromatic N) is 3. The van der Waals surface area contributed by atoms with Crippen LogP contribution in [0.5, 0.6) is 0 Å². The SMILES string of the molecule is Cc1ccc2ncc3n2c1SC(C(=O)NCCCC1CCN(C(=O)c2ccc(C(F)(F)F)cc2)CC1)=C3.Cl. The van der Waals surface area contributed by atoms with Crippen molar-refractivity contribution >= 4 is 47.7 Å². The third-order valence-electron chi connectivity index (χ3n) is 6.98. The number of piperidine rings is 1. The van der Waals surface area contributed by atoms with Gasteiger partial charge in [0, 0.05) is 25.2 Å². The van der Waals surface area contributed by atoms with E-state index in [1.54, 1.807) is 11.1 Å². The molecule has 1 fully saturated rings. The number of hydrogen-bond acceptors (Lipinski definition) is 4. The van der Waals surface area contributed by atoms with Crippen molar-refractivity contribution in [3.05, 3.63) is 69.9 Å². The van der Waals surface area contributed by atoms with Gasteiger partial charge in [0.2, 0.25) is 0 Å². The van der Waals surface area contributed by atoms with Crippen LogP contribution in [0.15, 0.2) is 52.5 Å². The second kappa shape index (κ2) is 11.4. The number of nitrogens with one attached hydrogen (secondary N) is 1. The molecule has 1 saturated heterocycles. The number of halogens is 4. The van der Waals surface area contributed by atoms with Crippen molar-refractivity contribution in [3.63, 3.8) is 0 Å². The van der Waals surface area contributed by atoms with Crippen LogP contribution in [0, 0.1) is 12.8 Å². The number of likely N-dealkylation sites (tertiary alicyclic amines) is 1. The number of aromatic nitrogens is 2. The van der Waals surface area contributed by atoms with Crippen LogP contribution < -0.4 is 5.32 Å². The zero-order valence-electron chi connectivity index (χ0n) is 20.8. The molecule has 1 N–H and O–H groups in total. The van der Waals surface area contributed by atoms with E-state index in [-0.39, 0.29) is 29.8 Å². The van der Waals surface area contributed by atoms with Crippen LogP contribution in [-0.2, 0) is 11.0 Å². The summed E-state index contributed by atoms with van der Waals surface area (Å²) < 4.78 is 40.3. The molecule has 2 aliphatic rings. The smallest absolute Gasteiger partial charge is 0.352 e. The second-order valence-corrected chi connectivity index (χ2v) is 10.5. The molecule has 0 bridgehead atoms. The van der Waals surface area contributed by atoms with E-state index in [0.29, 0.717) is 30.5 Å². The second-order valence-electron chi connectivity index (χ2n) is 9.52. The highest BCUT2D eigenvalue weighted by atomic mass is 35.5. The van der Waals surface area contributed by atoms with Gasteiger partial charge in [-0.05, 0) is 80.5 Å². The predicted molar refractivity (Wildman–Crippen MR) is 143 cm³/mol. The standard InChI is InChI=1S/C27H27F3N4O2S.ClH/c1-17-4-9-23-32-16-21-15-22(37-26(17)34(21)23)24(35)31-12-2-3-18-10-13-33(14-11-18)25(36)19-5-7-20(8-6-19)27(28,29)30;/h4-9,15-16,18H,2-3,10-14H2,1H3,(H,31,35);1H. The number of imidazole rings is 1. The minimum atomic E-state index is -4.41. The van der Waals surface area contributed by atoms with Crippen LogP contribution in [-0.4, -0.2) is 45.7 Å². The first-order valence-corrected chi connectivity index (χ1v) is 13.1. The van der Waals surface area contributed by atoms with Crippen LogP contribution in [0.25, 0.3) is 11.7 Å². The highest BCUT2D eigenvalue weighted by molar-refractivity contribution is 8.04. The molecule has 0 spiro atoms. The Labute approximate surface area is 229 Å². The van der Waals surface area contributed by atoms with Crippen molar-refractivity contribution in [2.75, 3.05) is 19.6 Å². The molecule has 2 aromatic heterocycles. The molecule has 11 heteroatoms. The van der Waals surface area contributed by atoms with E-state index < -0.39 is 11.7 Å². The van der Waals surface area contributed by atoms with Crippen LogP contribution in [0.2, 0.25) is 0 Å². The van der Waals surface area contributed by atoms with Crippen molar-refractivity contribution in [2.24, 2.45) is 5.92 Å². The molecule has 0 unspecified atom stereocenters. The maximum absolute atomic E-state index is 12.8. The number of carbonyl (C=O) groups is 2. The van der Waals surface area contributed by atoms with Gasteiger partial charge in [0.15, 0.2) is 0 Å². The summed E-state index contributed by atoms with van der Waals surface area (Å²) in [4.78, 5) is 32.2. The lowest BCUT2D eigenvalue weighted by Crippen LogP contribution is -2.38. The molecule has 0 aliphatic carbocycles. The van der Waals surface area contributed by atoms with Gasteiger partial charge in [-0.15, -0.1) is 12.4 Å². The Bertz CT molecular complexity index is 1360. The van der Waals surface area contributed by atoms with Gasteiger partial charge >= 0.3 is 6.18 Å². The molecule has 6 nitrogen and oxygen atoms in total. The van der Waals surface area contributed by atoms with Crippen LogP contribution >= 0.6 is 24.2 Å². The monoisotopic (exact) mass is 564 g/mol. The van der Waals surface area contributed by atoms with E-state index in [9.17, 15) is 22.8 Å². The molecular weight excluding hydrogens is 537 g/mol. The fourth-order valence-electron chi connectivity index (χ4n) is 4.86. The summed E-state index contributed by atoms with van der Waals surface area (Å²) in [5, 5.41) is 4.04. The summed E-state index contributed by atoms with van der Waals surface area (Å²) in [6.07, 6.45) is 2.70. The van der Waals surface area contributed by atoms with Crippen molar-refractivity contribution in [1.29, 1.82) is 0 Å². The molecule has 2 amide bonds. The zero-order valence-corrected chi connectivity index (χ0v) is 22.4. The highest BCUT2D eigenvalue weighted by Gasteiger charge is 2.31. The van der Waals surface area contributed by atoms with Crippen LogP contribution in [0.4, 0.5) is 13.2 Å². The molecule has 1 aromatic carbocycles. The number of amides is 2. The minimum Gasteiger partial charge on any atom is -0.352 e. The van der Waals surface area contributed by atoms with E-state index in [2.05, 4.69) is 14.7 Å². The molecule has 0 saturated carbocycles. The van der Waals surface area contributed by atoms with E-state index in [1.807, 2.05) is 25.1 Å². The first-order chi connectivity index (χ1) is 17.7. The molecule has 38 heavy (non-hydrogen) atoms. The van der Waals surface area contributed by atoms with Crippen molar-refractivity contribution in [3.8, 4) is 0 Å². The van der Waals surface area contributed by atoms with Gasteiger partial charge in [0.05, 0.1) is 27.4 Å². The molecule has 202 valence electrons. The number of alkyl halides is 3. The minimum absolute atomic E-state index is 0. The maximum Gasteiger partial charge on any atom is 0.416 e. The highest BCUT2D eigenvalue weighted by Crippen LogP contribution is 2.36. The van der Waals surface area contributed by atoms with E-state index >= 15 is 0 Å². The van der Waals surface area contributed by atoms with Crippen LogP contribution in [0.3, 0.4) is 0 Å². The number of rotatable bonds is 6. The molecule has 5 rings (SSSR count). The normalized spacial score (nSPS) is 15.7. The van der Waals surface area contributed by atoms with Gasteiger partial charge in [-0.3, -0.25) is 14.0 Å². The summed E-state index contributed by atoms with van der Waals surface area (Å²) in [5.41, 5.74) is 2.38. The third kappa shape index (κ3) is 5.86. The maximum atomic E-state index is 12.8. The fraction of sp³-hybridized carbons (Fsp3) is 0.370. The molecule has 0 atom stereocenters. The molecule has 3 aromatic rings. The quantitative estimate of drug-likeness (QED) is 0.374. The fourth-order valence-corrected chi connectivity index (χ4v) is 5.93. The Morgan fingerprint density at radius 2 is 1.82 bits per heavy atom. The number of aryl methyl sites for hydroxylation is 1. The van der Waals surface area contributed by atoms with Crippen molar-refractivity contribution < 1.29 is 22.8 Å². The average molecular weight is 565 g/mol. The first kappa shape index (κ1) is 28.0. The van der Waals surface area contributed by atoms with E-state index in [1.165, 1.54) is 23.9 Å². The van der Waals surface area contributed by atoms with Crippen LogP contribution in [0.1, 0.15) is 52.9 Å². The number of hydrogen-bond donors (Lipinski definition) is 1. The van der Waals surface area contributed by atoms with Crippen molar-refractivity contribution in [1.82, 2.24) is 19.6 Å². The Hall–Kier alpha value is -2.98. The molecule has 2 aliphatic heterocycles. The van der Waals surface area contributed by atoms with Gasteiger partial charge < -0.3 is 10.2 Å². The Morgan fingerprint density at radius 3 is 2.50 bits per heavy atom. The van der Waals surface area contributed by atoms with Gasteiger partial charge in [-0.1, -0.05) is 17.8 Å². The molecular formula is C27H28ClF3N4O2S. The molecule has 0 radical (unpaired) electrons. The predicted octanol–water partition coefficient (Wildman–Crippen LogP) is 5.98. The first-order valence-electron chi connectivity index (χ1n) is 12.3. The Morgan fingerprint density at radius 1 is 1.11 bits per heavy atom. The topological polar surface area (TPSA) is 66.7 Å². The van der Waals surface area contributed by atoms with E-state index in [0.717, 1.165) is 59.7 Å². The average Bonchev–Trinajstić information content (AvgIpc) is 3.32. The zero-order chi connectivity index (χ0) is 26.2. The lowest BCUT2D eigenvalue weighted by Gasteiger charge is -2.32. The van der Waals surface area contributed by atoms with Gasteiger partial charge in [-0.2, -0.15) is 13.2 Å². The van der Waals surface area contributed by atoms with Gasteiger partial charge in [0.25, 0.3) is 11.8 Å². The summed E-state index contributed by atoms with van der Waals surface area (Å²) >= 11 is 1.46. The summed E-state index contributed by atoms with van der Waals surface area (Å²) in [6.45, 7) is 3.76. The summed E-state index contributed by atoms with van der Waals surface area (Å²) in [7, 11) is 0. The lowest BCUT2D eigenvalue weighted by atomic mass is 9.92. The lowest BCUT2D eigenvalue weighted by molar-refractivity contribution is -0.137. The summed E-state index contributed by atoms with van der Waals surface area (Å²) in [6, 6.07) is 8.37. The summed E-state index contributed by atoms with van der Waals surface area (Å²) in [5.74, 6) is 0.127. The van der Waals surface area contributed by atoms with Crippen molar-refractivity contribution in [2.45, 2.75) is 43.8 Å². The largest absolute Gasteiger partial charge is 0.416 e. The Kier molecular flexibility index (Phi) is 8.42.